The molecular weight excluding hydrogens is 222 g/mol. The first kappa shape index (κ1) is 12.7. The van der Waals surface area contributed by atoms with Crippen molar-refractivity contribution in [2.24, 2.45) is 0 Å². The lowest BCUT2D eigenvalue weighted by Gasteiger charge is -2.04. The highest BCUT2D eigenvalue weighted by atomic mass is 15.3. The fourth-order valence-electron chi connectivity index (χ4n) is 2.26. The van der Waals surface area contributed by atoms with E-state index >= 15 is 0 Å². The van der Waals surface area contributed by atoms with Crippen molar-refractivity contribution in [3.05, 3.63) is 47.2 Å². The molecule has 0 fully saturated rings. The van der Waals surface area contributed by atoms with Gasteiger partial charge in [-0.05, 0) is 18.4 Å². The molecule has 0 aliphatic heterocycles. The molecule has 1 heterocycles. The summed E-state index contributed by atoms with van der Waals surface area (Å²) in [6, 6.07) is 10.3. The van der Waals surface area contributed by atoms with Crippen molar-refractivity contribution in [2.45, 2.75) is 39.7 Å². The van der Waals surface area contributed by atoms with Gasteiger partial charge < -0.3 is 5.73 Å². The van der Waals surface area contributed by atoms with Crippen molar-refractivity contribution in [3.63, 3.8) is 0 Å². The lowest BCUT2D eigenvalue weighted by molar-refractivity contribution is 0.676. The molecule has 2 rings (SSSR count). The third kappa shape index (κ3) is 2.55. The van der Waals surface area contributed by atoms with Crippen LogP contribution in [0.2, 0.25) is 0 Å². The van der Waals surface area contributed by atoms with Gasteiger partial charge in [-0.2, -0.15) is 5.10 Å². The predicted octanol–water partition coefficient (Wildman–Crippen LogP) is 3.03. The second kappa shape index (κ2) is 5.71. The molecule has 3 nitrogen and oxygen atoms in total. The topological polar surface area (TPSA) is 43.8 Å². The molecule has 3 heteroatoms. The van der Waals surface area contributed by atoms with Crippen molar-refractivity contribution in [2.75, 3.05) is 5.73 Å². The molecule has 0 saturated heterocycles. The van der Waals surface area contributed by atoms with Crippen LogP contribution in [0.25, 0.3) is 0 Å². The van der Waals surface area contributed by atoms with Crippen molar-refractivity contribution in [1.29, 1.82) is 0 Å². The average molecular weight is 243 g/mol. The Balaban J connectivity index is 2.28. The van der Waals surface area contributed by atoms with Gasteiger partial charge in [-0.25, -0.2) is 4.68 Å². The Hall–Kier alpha value is -1.77. The number of aromatic nitrogens is 2. The van der Waals surface area contributed by atoms with Crippen molar-refractivity contribution in [1.82, 2.24) is 9.78 Å². The Morgan fingerprint density at radius 1 is 1.17 bits per heavy atom. The highest BCUT2D eigenvalue weighted by Gasteiger charge is 2.13. The average Bonchev–Trinajstić information content (AvgIpc) is 2.67. The fourth-order valence-corrected chi connectivity index (χ4v) is 2.26. The second-order valence-corrected chi connectivity index (χ2v) is 4.56. The summed E-state index contributed by atoms with van der Waals surface area (Å²) in [5.74, 6) is 0.824. The largest absolute Gasteiger partial charge is 0.384 e. The molecule has 0 bridgehead atoms. The molecule has 1 aromatic heterocycles. The third-order valence-corrected chi connectivity index (χ3v) is 3.19. The molecule has 96 valence electrons. The van der Waals surface area contributed by atoms with Crippen molar-refractivity contribution in [3.8, 4) is 0 Å². The second-order valence-electron chi connectivity index (χ2n) is 4.56. The number of aryl methyl sites for hydroxylation is 1. The predicted molar refractivity (Wildman–Crippen MR) is 75.6 cm³/mol. The fraction of sp³-hybridized carbons (Fsp3) is 0.400. The highest BCUT2D eigenvalue weighted by Crippen LogP contribution is 2.20. The maximum atomic E-state index is 6.19. The number of benzene rings is 1. The number of nitrogens with two attached hydrogens (primary N) is 1. The summed E-state index contributed by atoms with van der Waals surface area (Å²) in [7, 11) is 0. The van der Waals surface area contributed by atoms with Crippen LogP contribution in [0.5, 0.6) is 0 Å². The minimum atomic E-state index is 0.753. The van der Waals surface area contributed by atoms with Crippen LogP contribution in [0, 0.1) is 0 Å². The summed E-state index contributed by atoms with van der Waals surface area (Å²) in [5.41, 5.74) is 9.80. The molecule has 0 unspecified atom stereocenters. The lowest BCUT2D eigenvalue weighted by Crippen LogP contribution is -2.06. The SMILES string of the molecule is CCCc1nn(Cc2ccccc2)c(N)c1CC. The summed E-state index contributed by atoms with van der Waals surface area (Å²) >= 11 is 0. The van der Waals surface area contributed by atoms with Gasteiger partial charge in [-0.1, -0.05) is 50.6 Å². The van der Waals surface area contributed by atoms with Crippen LogP contribution in [0.15, 0.2) is 30.3 Å². The molecule has 2 N–H and O–H groups in total. The zero-order chi connectivity index (χ0) is 13.0. The maximum Gasteiger partial charge on any atom is 0.125 e. The zero-order valence-corrected chi connectivity index (χ0v) is 11.2. The standard InChI is InChI=1S/C15H21N3/c1-3-8-14-13(4-2)15(16)18(17-14)11-12-9-6-5-7-10-12/h5-7,9-10H,3-4,8,11,16H2,1-2H3. The van der Waals surface area contributed by atoms with E-state index in [-0.39, 0.29) is 0 Å². The summed E-state index contributed by atoms with van der Waals surface area (Å²) in [4.78, 5) is 0. The van der Waals surface area contributed by atoms with E-state index in [2.05, 4.69) is 31.1 Å². The van der Waals surface area contributed by atoms with Crippen LogP contribution in [0.3, 0.4) is 0 Å². The zero-order valence-electron chi connectivity index (χ0n) is 11.2. The molecule has 0 atom stereocenters. The first-order valence-electron chi connectivity index (χ1n) is 6.64. The molecule has 18 heavy (non-hydrogen) atoms. The van der Waals surface area contributed by atoms with Gasteiger partial charge in [-0.3, -0.25) is 0 Å². The molecule has 1 aromatic carbocycles. The minimum Gasteiger partial charge on any atom is -0.384 e. The summed E-state index contributed by atoms with van der Waals surface area (Å²) in [6.07, 6.45) is 3.07. The number of anilines is 1. The van der Waals surface area contributed by atoms with Crippen LogP contribution in [0.4, 0.5) is 5.82 Å². The van der Waals surface area contributed by atoms with Crippen LogP contribution >= 0.6 is 0 Å². The molecule has 0 aliphatic rings. The quantitative estimate of drug-likeness (QED) is 0.877. The normalized spacial score (nSPS) is 10.8. The molecule has 0 aliphatic carbocycles. The summed E-state index contributed by atoms with van der Waals surface area (Å²) < 4.78 is 1.93. The number of nitrogen functional groups attached to an aromatic ring is 1. The van der Waals surface area contributed by atoms with Gasteiger partial charge >= 0.3 is 0 Å². The van der Waals surface area contributed by atoms with Gasteiger partial charge in [0.2, 0.25) is 0 Å². The number of hydrogen-bond donors (Lipinski definition) is 1. The van der Waals surface area contributed by atoms with Gasteiger partial charge in [0.25, 0.3) is 0 Å². The minimum absolute atomic E-state index is 0.753. The Kier molecular flexibility index (Phi) is 4.03. The first-order chi connectivity index (χ1) is 8.76. The third-order valence-electron chi connectivity index (χ3n) is 3.19. The Labute approximate surface area is 109 Å². The van der Waals surface area contributed by atoms with Crippen LogP contribution in [-0.2, 0) is 19.4 Å². The van der Waals surface area contributed by atoms with E-state index < -0.39 is 0 Å². The van der Waals surface area contributed by atoms with E-state index in [0.717, 1.165) is 37.3 Å². The van der Waals surface area contributed by atoms with E-state index in [1.807, 2.05) is 22.9 Å². The molecular formula is C15H21N3. The van der Waals surface area contributed by atoms with Gasteiger partial charge in [0, 0.05) is 5.56 Å². The molecule has 2 aromatic rings. The monoisotopic (exact) mass is 243 g/mol. The van der Waals surface area contributed by atoms with Crippen LogP contribution in [-0.4, -0.2) is 9.78 Å². The van der Waals surface area contributed by atoms with E-state index in [0.29, 0.717) is 0 Å². The van der Waals surface area contributed by atoms with E-state index in [1.165, 1.54) is 11.1 Å². The number of nitrogens with zero attached hydrogens (tertiary/aromatic N) is 2. The van der Waals surface area contributed by atoms with Gasteiger partial charge in [0.05, 0.1) is 12.2 Å². The summed E-state index contributed by atoms with van der Waals surface area (Å²) in [5, 5.41) is 4.66. The van der Waals surface area contributed by atoms with Gasteiger partial charge in [0.1, 0.15) is 5.82 Å². The Morgan fingerprint density at radius 3 is 2.50 bits per heavy atom. The van der Waals surface area contributed by atoms with Gasteiger partial charge in [0.15, 0.2) is 0 Å². The number of hydrogen-bond acceptors (Lipinski definition) is 2. The molecule has 0 saturated carbocycles. The van der Waals surface area contributed by atoms with Crippen LogP contribution in [0.1, 0.15) is 37.1 Å². The smallest absolute Gasteiger partial charge is 0.125 e. The van der Waals surface area contributed by atoms with E-state index in [9.17, 15) is 0 Å². The van der Waals surface area contributed by atoms with E-state index in [4.69, 9.17) is 5.73 Å². The first-order valence-corrected chi connectivity index (χ1v) is 6.64. The Morgan fingerprint density at radius 2 is 1.89 bits per heavy atom. The molecule has 0 radical (unpaired) electrons. The maximum absolute atomic E-state index is 6.19. The van der Waals surface area contributed by atoms with Crippen LogP contribution < -0.4 is 5.73 Å². The Bertz CT molecular complexity index is 500. The lowest BCUT2D eigenvalue weighted by atomic mass is 10.1. The number of rotatable bonds is 5. The van der Waals surface area contributed by atoms with Crippen molar-refractivity contribution >= 4 is 5.82 Å². The van der Waals surface area contributed by atoms with E-state index in [1.54, 1.807) is 0 Å². The molecule has 0 amide bonds. The van der Waals surface area contributed by atoms with Crippen molar-refractivity contribution < 1.29 is 0 Å². The van der Waals surface area contributed by atoms with Gasteiger partial charge in [-0.15, -0.1) is 0 Å². The highest BCUT2D eigenvalue weighted by molar-refractivity contribution is 5.44. The summed E-state index contributed by atoms with van der Waals surface area (Å²) in [6.45, 7) is 5.06. The molecule has 0 spiro atoms.